The number of halogens is 1. The lowest BCUT2D eigenvalue weighted by Gasteiger charge is -2.07. The average Bonchev–Trinajstić information content (AvgIpc) is 3.22. The number of hydrogen-bond acceptors (Lipinski definition) is 4. The van der Waals surface area contributed by atoms with E-state index in [9.17, 15) is 8.42 Å². The van der Waals surface area contributed by atoms with Crippen molar-refractivity contribution in [2.24, 2.45) is 10.7 Å². The van der Waals surface area contributed by atoms with Gasteiger partial charge >= 0.3 is 0 Å². The third kappa shape index (κ3) is 4.95. The number of anilines is 1. The van der Waals surface area contributed by atoms with Gasteiger partial charge in [0, 0.05) is 10.6 Å². The first kappa shape index (κ1) is 20.2. The minimum absolute atomic E-state index is 0. The number of rotatable bonds is 5. The molecule has 1 aromatic heterocycles. The molecule has 1 heterocycles. The maximum Gasteiger partial charge on any atom is 0.193 e. The van der Waals surface area contributed by atoms with Crippen molar-refractivity contribution < 1.29 is 8.42 Å². The predicted molar refractivity (Wildman–Crippen MR) is 115 cm³/mol. The first-order valence-electron chi connectivity index (χ1n) is 7.98. The normalized spacial score (nSPS) is 14.0. The van der Waals surface area contributed by atoms with Crippen LogP contribution in [0, 0.1) is 0 Å². The monoisotopic (exact) mass is 491 g/mol. The minimum atomic E-state index is -3.15. The number of benzene rings is 1. The Bertz CT molecular complexity index is 876. The van der Waals surface area contributed by atoms with Crippen molar-refractivity contribution in [3.8, 4) is 0 Å². The molecule has 0 aliphatic heterocycles. The molecule has 1 aliphatic carbocycles. The van der Waals surface area contributed by atoms with Gasteiger partial charge < -0.3 is 11.1 Å². The Kier molecular flexibility index (Phi) is 6.86. The molecule has 0 fully saturated rings. The maximum atomic E-state index is 11.8. The van der Waals surface area contributed by atoms with Gasteiger partial charge in [0.1, 0.15) is 4.21 Å². The van der Waals surface area contributed by atoms with Crippen molar-refractivity contribution in [3.05, 3.63) is 46.3 Å². The Hall–Kier alpha value is -1.13. The molecular formula is C17H22IN3O2S2. The predicted octanol–water partition coefficient (Wildman–Crippen LogP) is 3.58. The van der Waals surface area contributed by atoms with Crippen molar-refractivity contribution >= 4 is 56.8 Å². The molecule has 0 unspecified atom stereocenters. The molecule has 136 valence electrons. The SMILES string of the molecule is CCS(=O)(=O)c1ccc(CN=C(N)Nc2ccc3c(c2)CCC3)s1.I. The highest BCUT2D eigenvalue weighted by molar-refractivity contribution is 14.0. The first-order chi connectivity index (χ1) is 11.5. The number of aryl methyl sites for hydroxylation is 2. The second kappa shape index (κ2) is 8.50. The molecular weight excluding hydrogens is 469 g/mol. The highest BCUT2D eigenvalue weighted by Crippen LogP contribution is 2.25. The van der Waals surface area contributed by atoms with Gasteiger partial charge in [0.05, 0.1) is 12.3 Å². The standard InChI is InChI=1S/C17H21N3O2S2.HI/c1-2-24(21,22)16-9-8-15(23-16)11-19-17(18)20-14-7-6-12-4-3-5-13(12)10-14;/h6-10H,2-5,11H2,1H3,(H3,18,19,20);1H. The molecule has 1 aliphatic rings. The quantitative estimate of drug-likeness (QED) is 0.381. The number of guanidine groups is 1. The second-order valence-electron chi connectivity index (χ2n) is 5.79. The van der Waals surface area contributed by atoms with E-state index in [0.717, 1.165) is 23.4 Å². The fraction of sp³-hybridized carbons (Fsp3) is 0.353. The van der Waals surface area contributed by atoms with Crippen LogP contribution in [0.5, 0.6) is 0 Å². The molecule has 0 bridgehead atoms. The van der Waals surface area contributed by atoms with E-state index < -0.39 is 9.84 Å². The zero-order valence-corrected chi connectivity index (χ0v) is 18.0. The van der Waals surface area contributed by atoms with Crippen LogP contribution in [0.25, 0.3) is 0 Å². The van der Waals surface area contributed by atoms with Crippen LogP contribution in [0.1, 0.15) is 29.3 Å². The van der Waals surface area contributed by atoms with Crippen LogP contribution in [0.15, 0.2) is 39.5 Å². The molecule has 0 spiro atoms. The zero-order chi connectivity index (χ0) is 17.2. The highest BCUT2D eigenvalue weighted by Gasteiger charge is 2.14. The van der Waals surface area contributed by atoms with Crippen LogP contribution in [0.2, 0.25) is 0 Å². The molecule has 0 radical (unpaired) electrons. The second-order valence-corrected chi connectivity index (χ2v) is 9.46. The molecule has 0 atom stereocenters. The Labute approximate surface area is 169 Å². The molecule has 8 heteroatoms. The Morgan fingerprint density at radius 1 is 1.24 bits per heavy atom. The van der Waals surface area contributed by atoms with E-state index in [1.165, 1.54) is 28.9 Å². The third-order valence-corrected chi connectivity index (χ3v) is 7.49. The number of thiophene rings is 1. The Morgan fingerprint density at radius 2 is 2.00 bits per heavy atom. The van der Waals surface area contributed by atoms with E-state index in [2.05, 4.69) is 22.4 Å². The Morgan fingerprint density at radius 3 is 2.76 bits per heavy atom. The van der Waals surface area contributed by atoms with E-state index in [1.54, 1.807) is 19.1 Å². The summed E-state index contributed by atoms with van der Waals surface area (Å²) >= 11 is 1.25. The van der Waals surface area contributed by atoms with Crippen molar-refractivity contribution in [1.82, 2.24) is 0 Å². The van der Waals surface area contributed by atoms with Gasteiger partial charge in [-0.2, -0.15) is 0 Å². The van der Waals surface area contributed by atoms with E-state index >= 15 is 0 Å². The van der Waals surface area contributed by atoms with Gasteiger partial charge in [0.2, 0.25) is 0 Å². The van der Waals surface area contributed by atoms with Gasteiger partial charge in [-0.15, -0.1) is 35.3 Å². The summed E-state index contributed by atoms with van der Waals surface area (Å²) in [6.45, 7) is 2.01. The lowest BCUT2D eigenvalue weighted by Crippen LogP contribution is -2.22. The average molecular weight is 491 g/mol. The van der Waals surface area contributed by atoms with E-state index in [-0.39, 0.29) is 29.7 Å². The molecule has 3 rings (SSSR count). The number of fused-ring (bicyclic) bond motifs is 1. The van der Waals surface area contributed by atoms with Crippen LogP contribution < -0.4 is 11.1 Å². The lowest BCUT2D eigenvalue weighted by molar-refractivity contribution is 0.599. The molecule has 0 amide bonds. The summed E-state index contributed by atoms with van der Waals surface area (Å²) in [6, 6.07) is 9.71. The molecule has 25 heavy (non-hydrogen) atoms. The third-order valence-electron chi connectivity index (χ3n) is 4.10. The summed E-state index contributed by atoms with van der Waals surface area (Å²) in [4.78, 5) is 5.18. The molecule has 2 aromatic rings. The fourth-order valence-corrected chi connectivity index (χ4v) is 5.15. The molecule has 3 N–H and O–H groups in total. The van der Waals surface area contributed by atoms with Crippen LogP contribution in [0.3, 0.4) is 0 Å². The van der Waals surface area contributed by atoms with Crippen molar-refractivity contribution in [1.29, 1.82) is 0 Å². The van der Waals surface area contributed by atoms with E-state index in [1.807, 2.05) is 6.07 Å². The molecule has 0 saturated carbocycles. The number of nitrogens with one attached hydrogen (secondary N) is 1. The largest absolute Gasteiger partial charge is 0.370 e. The maximum absolute atomic E-state index is 11.8. The number of nitrogens with two attached hydrogens (primary N) is 1. The summed E-state index contributed by atoms with van der Waals surface area (Å²) in [7, 11) is -3.15. The van der Waals surface area contributed by atoms with Crippen LogP contribution in [-0.2, 0) is 29.2 Å². The molecule has 5 nitrogen and oxygen atoms in total. The zero-order valence-electron chi connectivity index (χ0n) is 14.0. The summed E-state index contributed by atoms with van der Waals surface area (Å²) < 4.78 is 24.0. The molecule has 1 aromatic carbocycles. The topological polar surface area (TPSA) is 84.5 Å². The molecule has 0 saturated heterocycles. The van der Waals surface area contributed by atoms with Crippen molar-refractivity contribution in [3.63, 3.8) is 0 Å². The van der Waals surface area contributed by atoms with Gasteiger partial charge in [-0.25, -0.2) is 13.4 Å². The number of sulfone groups is 1. The van der Waals surface area contributed by atoms with Crippen molar-refractivity contribution in [2.75, 3.05) is 11.1 Å². The van der Waals surface area contributed by atoms with Crippen LogP contribution in [0.4, 0.5) is 5.69 Å². The number of hydrogen-bond donors (Lipinski definition) is 2. The first-order valence-corrected chi connectivity index (χ1v) is 10.4. The van der Waals surface area contributed by atoms with E-state index in [0.29, 0.717) is 16.7 Å². The summed E-state index contributed by atoms with van der Waals surface area (Å²) in [5.74, 6) is 0.444. The minimum Gasteiger partial charge on any atom is -0.370 e. The highest BCUT2D eigenvalue weighted by atomic mass is 127. The van der Waals surface area contributed by atoms with Crippen molar-refractivity contribution in [2.45, 2.75) is 36.9 Å². The van der Waals surface area contributed by atoms with Gasteiger partial charge in [-0.3, -0.25) is 0 Å². The van der Waals surface area contributed by atoms with Gasteiger partial charge in [0.15, 0.2) is 15.8 Å². The van der Waals surface area contributed by atoms with Gasteiger partial charge in [-0.05, 0) is 54.7 Å². The summed E-state index contributed by atoms with van der Waals surface area (Å²) in [6.07, 6.45) is 3.48. The van der Waals surface area contributed by atoms with E-state index in [4.69, 9.17) is 5.73 Å². The number of nitrogens with zero attached hydrogens (tertiary/aromatic N) is 1. The number of aliphatic imine (C=N–C) groups is 1. The van der Waals surface area contributed by atoms with Crippen LogP contribution in [-0.4, -0.2) is 20.1 Å². The fourth-order valence-electron chi connectivity index (χ4n) is 2.75. The smallest absolute Gasteiger partial charge is 0.193 e. The van der Waals surface area contributed by atoms with Crippen LogP contribution >= 0.6 is 35.3 Å². The lowest BCUT2D eigenvalue weighted by atomic mass is 10.1. The Balaban J connectivity index is 0.00000225. The van der Waals surface area contributed by atoms with Gasteiger partial charge in [0.25, 0.3) is 0 Å². The summed E-state index contributed by atoms with van der Waals surface area (Å²) in [5.41, 5.74) is 9.68. The summed E-state index contributed by atoms with van der Waals surface area (Å²) in [5, 5.41) is 3.10. The van der Waals surface area contributed by atoms with Gasteiger partial charge in [-0.1, -0.05) is 13.0 Å².